The first-order valence-corrected chi connectivity index (χ1v) is 12.3. The topological polar surface area (TPSA) is 97.8 Å². The van der Waals surface area contributed by atoms with Crippen molar-refractivity contribution in [1.82, 2.24) is 4.98 Å². The van der Waals surface area contributed by atoms with Crippen molar-refractivity contribution in [2.75, 3.05) is 6.54 Å². The van der Waals surface area contributed by atoms with E-state index in [-0.39, 0.29) is 18.0 Å². The number of amidine groups is 1. The molecule has 170 valence electrons. The van der Waals surface area contributed by atoms with Crippen molar-refractivity contribution in [2.45, 2.75) is 63.0 Å². The summed E-state index contributed by atoms with van der Waals surface area (Å²) in [6.45, 7) is 9.56. The quantitative estimate of drug-likeness (QED) is 0.706. The second-order valence-electron chi connectivity index (χ2n) is 9.45. The molecular weight excluding hydrogens is 427 g/mol. The lowest BCUT2D eigenvalue weighted by Crippen LogP contribution is -2.58. The molecule has 4 rings (SSSR count). The van der Waals surface area contributed by atoms with Crippen LogP contribution >= 0.6 is 0 Å². The van der Waals surface area contributed by atoms with Gasteiger partial charge in [0.05, 0.1) is 15.0 Å². The second kappa shape index (κ2) is 7.47. The van der Waals surface area contributed by atoms with Gasteiger partial charge in [-0.15, -0.1) is 0 Å². The molecule has 3 atom stereocenters. The molecule has 0 fully saturated rings. The number of fused-ring (bicyclic) bond motifs is 1. The van der Waals surface area contributed by atoms with Gasteiger partial charge in [0.1, 0.15) is 27.6 Å². The molecule has 0 amide bonds. The lowest BCUT2D eigenvalue weighted by molar-refractivity contribution is 0.0987. The fourth-order valence-corrected chi connectivity index (χ4v) is 8.01. The van der Waals surface area contributed by atoms with E-state index in [4.69, 9.17) is 10.7 Å². The molecule has 2 aliphatic heterocycles. The summed E-state index contributed by atoms with van der Waals surface area (Å²) in [5.74, 6) is -0.386. The number of hydrogen-bond acceptors (Lipinski definition) is 6. The maximum atomic E-state index is 15.1. The monoisotopic (exact) mass is 456 g/mol. The van der Waals surface area contributed by atoms with Crippen LogP contribution in [-0.2, 0) is 21.7 Å². The molecule has 0 unspecified atom stereocenters. The van der Waals surface area contributed by atoms with Crippen LogP contribution in [0.4, 0.5) is 4.39 Å². The predicted molar refractivity (Wildman–Crippen MR) is 125 cm³/mol. The normalized spacial score (nSPS) is 28.6. The molecule has 0 spiro atoms. The van der Waals surface area contributed by atoms with Crippen LogP contribution < -0.4 is 5.73 Å². The lowest BCUT2D eigenvalue weighted by Gasteiger charge is -2.44. The largest absolute Gasteiger partial charge is 0.386 e. The fraction of sp³-hybridized carbons (Fsp3) is 0.458. The van der Waals surface area contributed by atoms with Crippen molar-refractivity contribution < 1.29 is 13.4 Å². The van der Waals surface area contributed by atoms with Crippen molar-refractivity contribution in [1.29, 1.82) is 0 Å². The highest BCUT2D eigenvalue weighted by Gasteiger charge is 2.56. The van der Waals surface area contributed by atoms with Gasteiger partial charge in [-0.05, 0) is 69.9 Å². The second-order valence-corrected chi connectivity index (χ2v) is 12.4. The summed E-state index contributed by atoms with van der Waals surface area (Å²) in [6.07, 6.45) is 2.29. The molecule has 2 N–H and O–H groups in total. The Balaban J connectivity index is 1.76. The maximum Gasteiger partial charge on any atom is 0.185 e. The third-order valence-corrected chi connectivity index (χ3v) is 10.5. The first-order valence-electron chi connectivity index (χ1n) is 10.7. The van der Waals surface area contributed by atoms with Gasteiger partial charge in [-0.3, -0.25) is 14.8 Å². The van der Waals surface area contributed by atoms with Gasteiger partial charge >= 0.3 is 0 Å². The lowest BCUT2D eigenvalue weighted by atomic mass is 9.84. The van der Waals surface area contributed by atoms with E-state index in [9.17, 15) is 9.00 Å². The molecule has 0 radical (unpaired) electrons. The van der Waals surface area contributed by atoms with Crippen molar-refractivity contribution in [3.8, 4) is 0 Å². The van der Waals surface area contributed by atoms with E-state index in [0.717, 1.165) is 11.1 Å². The molecule has 0 aliphatic carbocycles. The number of carbonyl (C=O) groups excluding carboxylic acids is 1. The van der Waals surface area contributed by atoms with Crippen molar-refractivity contribution in [3.05, 3.63) is 64.2 Å². The maximum absolute atomic E-state index is 15.1. The van der Waals surface area contributed by atoms with Gasteiger partial charge in [0, 0.05) is 24.7 Å². The third kappa shape index (κ3) is 3.27. The standard InChI is InChI=1S/C24H29FN4O2S/c1-14-10-15(2)21(27-13-14)19(30)12-16-6-7-18(25)17(11-16)24(5)20-8-9-28-32(20,31)23(3,4)22(26)29-24/h6-7,10-11,13,20H,8-9,12H2,1-5H3,(H2,26,29)/t20-,24+,32+/m0/s1. The first-order chi connectivity index (χ1) is 14.9. The van der Waals surface area contributed by atoms with Gasteiger partial charge in [-0.2, -0.15) is 0 Å². The Morgan fingerprint density at radius 1 is 1.25 bits per heavy atom. The number of Topliss-reactive ketones (excluding diaryl/α,β-unsaturated/α-hetero) is 1. The zero-order chi connectivity index (χ0) is 23.5. The molecule has 3 heterocycles. The first kappa shape index (κ1) is 22.6. The number of pyridine rings is 1. The summed E-state index contributed by atoms with van der Waals surface area (Å²) < 4.78 is 32.6. The minimum atomic E-state index is -2.76. The smallest absolute Gasteiger partial charge is 0.185 e. The number of benzene rings is 1. The molecule has 8 heteroatoms. The number of aryl methyl sites for hydroxylation is 2. The van der Waals surface area contributed by atoms with Crippen molar-refractivity contribution in [3.63, 3.8) is 0 Å². The van der Waals surface area contributed by atoms with Crippen LogP contribution in [0, 0.1) is 19.7 Å². The number of carbonyl (C=O) groups is 1. The number of aromatic nitrogens is 1. The van der Waals surface area contributed by atoms with Crippen molar-refractivity contribution in [2.24, 2.45) is 15.1 Å². The molecule has 6 nitrogen and oxygen atoms in total. The number of hydrogen-bond donors (Lipinski definition) is 1. The van der Waals surface area contributed by atoms with Gasteiger partial charge in [0.25, 0.3) is 0 Å². The fourth-order valence-electron chi connectivity index (χ4n) is 4.85. The molecule has 0 bridgehead atoms. The van der Waals surface area contributed by atoms with Crippen LogP contribution in [0.2, 0.25) is 0 Å². The Morgan fingerprint density at radius 3 is 2.66 bits per heavy atom. The molecule has 2 aliphatic rings. The Labute approximate surface area is 188 Å². The summed E-state index contributed by atoms with van der Waals surface area (Å²) in [6, 6.07) is 6.51. The Hall–Kier alpha value is -2.61. The number of rotatable bonds is 4. The summed E-state index contributed by atoms with van der Waals surface area (Å²) in [4.78, 5) is 21.9. The average Bonchev–Trinajstić information content (AvgIpc) is 3.13. The van der Waals surface area contributed by atoms with Gasteiger partial charge in [0.2, 0.25) is 0 Å². The van der Waals surface area contributed by atoms with E-state index in [2.05, 4.69) is 9.35 Å². The van der Waals surface area contributed by atoms with E-state index >= 15 is 4.39 Å². The highest BCUT2D eigenvalue weighted by molar-refractivity contribution is 7.96. The zero-order valence-corrected chi connectivity index (χ0v) is 19.9. The zero-order valence-electron chi connectivity index (χ0n) is 19.1. The summed E-state index contributed by atoms with van der Waals surface area (Å²) >= 11 is 0. The number of aliphatic imine (C=N–C) groups is 1. The van der Waals surface area contributed by atoms with Crippen LogP contribution in [0.15, 0.2) is 39.8 Å². The Morgan fingerprint density at radius 2 is 1.97 bits per heavy atom. The minimum Gasteiger partial charge on any atom is -0.386 e. The molecule has 1 aromatic carbocycles. The van der Waals surface area contributed by atoms with Gasteiger partial charge in [-0.25, -0.2) is 13.0 Å². The summed E-state index contributed by atoms with van der Waals surface area (Å²) in [7, 11) is -2.76. The molecule has 0 saturated carbocycles. The molecular formula is C24H29FN4O2S. The van der Waals surface area contributed by atoms with Crippen LogP contribution in [0.1, 0.15) is 59.9 Å². The van der Waals surface area contributed by atoms with Crippen LogP contribution in [0.5, 0.6) is 0 Å². The van der Waals surface area contributed by atoms with Crippen molar-refractivity contribution >= 4 is 21.3 Å². The minimum absolute atomic E-state index is 0.0787. The van der Waals surface area contributed by atoms with Crippen LogP contribution in [-0.4, -0.2) is 37.4 Å². The number of halogens is 1. The SMILES string of the molecule is Cc1cnc(C(=O)Cc2ccc(F)c([C@@]3(C)N=C(N)C(C)(C)[S@@]4(=O)=NCC[C@@H]34)c2)c(C)c1. The van der Waals surface area contributed by atoms with Crippen LogP contribution in [0.3, 0.4) is 0 Å². The van der Waals surface area contributed by atoms with Gasteiger partial charge < -0.3 is 5.73 Å². The number of ketones is 1. The van der Waals surface area contributed by atoms with E-state index in [1.807, 2.05) is 19.9 Å². The third-order valence-electron chi connectivity index (χ3n) is 6.81. The summed E-state index contributed by atoms with van der Waals surface area (Å²) in [5.41, 5.74) is 8.28. The van der Waals surface area contributed by atoms with E-state index < -0.39 is 31.1 Å². The highest BCUT2D eigenvalue weighted by Crippen LogP contribution is 2.47. The van der Waals surface area contributed by atoms with Crippen LogP contribution in [0.25, 0.3) is 0 Å². The molecule has 1 aromatic heterocycles. The summed E-state index contributed by atoms with van der Waals surface area (Å²) in [5, 5.41) is -0.459. The van der Waals surface area contributed by atoms with E-state index in [0.29, 0.717) is 29.8 Å². The molecule has 2 aromatic rings. The van der Waals surface area contributed by atoms with E-state index in [1.165, 1.54) is 6.07 Å². The highest BCUT2D eigenvalue weighted by atomic mass is 32.2. The number of nitrogens with zero attached hydrogens (tertiary/aromatic N) is 3. The Bertz CT molecular complexity index is 1280. The molecule has 32 heavy (non-hydrogen) atoms. The predicted octanol–water partition coefficient (Wildman–Crippen LogP) is 3.87. The molecule has 0 saturated heterocycles. The van der Waals surface area contributed by atoms with E-state index in [1.54, 1.807) is 39.1 Å². The number of nitrogens with two attached hydrogens (primary N) is 1. The average molecular weight is 457 g/mol. The van der Waals surface area contributed by atoms with Gasteiger partial charge in [-0.1, -0.05) is 12.1 Å². The van der Waals surface area contributed by atoms with Gasteiger partial charge in [0.15, 0.2) is 5.78 Å². The Kier molecular flexibility index (Phi) is 5.27.